The van der Waals surface area contributed by atoms with Crippen LogP contribution in [0.5, 0.6) is 0 Å². The fourth-order valence-electron chi connectivity index (χ4n) is 2.89. The van der Waals surface area contributed by atoms with E-state index in [0.29, 0.717) is 16.5 Å². The Morgan fingerprint density at radius 1 is 1.00 bits per heavy atom. The zero-order valence-electron chi connectivity index (χ0n) is 12.6. The lowest BCUT2D eigenvalue weighted by atomic mass is 10.0. The molecule has 0 spiro atoms. The van der Waals surface area contributed by atoms with Gasteiger partial charge in [-0.25, -0.2) is 0 Å². The number of nitrogens with zero attached hydrogens (tertiary/aromatic N) is 1. The van der Waals surface area contributed by atoms with Crippen LogP contribution < -0.4 is 0 Å². The van der Waals surface area contributed by atoms with Crippen molar-refractivity contribution in [1.29, 1.82) is 0 Å². The third-order valence-electron chi connectivity index (χ3n) is 4.04. The standard InChI is InChI=1S/C18H16F3NO2/c19-18(20,21)14-7-6-12-8-9-22(15(12)10-14)17(16(24)11-23)13-4-2-1-3-5-13/h1-10,16-17,23-24H,11H2/t16-,17+/m1/s1. The smallest absolute Gasteiger partial charge is 0.394 e. The van der Waals surface area contributed by atoms with E-state index in [4.69, 9.17) is 0 Å². The normalized spacial score (nSPS) is 14.7. The molecule has 0 bridgehead atoms. The molecule has 0 saturated heterocycles. The van der Waals surface area contributed by atoms with E-state index >= 15 is 0 Å². The summed E-state index contributed by atoms with van der Waals surface area (Å²) in [6, 6.07) is 13.4. The minimum Gasteiger partial charge on any atom is -0.394 e. The second-order valence-electron chi connectivity index (χ2n) is 5.60. The predicted octanol–water partition coefficient (Wildman–Crippen LogP) is 3.60. The van der Waals surface area contributed by atoms with Gasteiger partial charge in [0.15, 0.2) is 0 Å². The molecule has 2 N–H and O–H groups in total. The monoisotopic (exact) mass is 335 g/mol. The molecule has 0 saturated carbocycles. The Hall–Kier alpha value is -2.31. The maximum absolute atomic E-state index is 13.0. The summed E-state index contributed by atoms with van der Waals surface area (Å²) in [6.45, 7) is -0.502. The van der Waals surface area contributed by atoms with Crippen LogP contribution in [-0.4, -0.2) is 27.5 Å². The van der Waals surface area contributed by atoms with E-state index < -0.39 is 30.5 Å². The molecule has 0 unspecified atom stereocenters. The maximum atomic E-state index is 13.0. The van der Waals surface area contributed by atoms with Gasteiger partial charge in [-0.15, -0.1) is 0 Å². The van der Waals surface area contributed by atoms with Gasteiger partial charge in [-0.3, -0.25) is 0 Å². The first-order valence-electron chi connectivity index (χ1n) is 7.43. The van der Waals surface area contributed by atoms with Gasteiger partial charge in [0, 0.05) is 11.7 Å². The highest BCUT2D eigenvalue weighted by Crippen LogP contribution is 2.34. The van der Waals surface area contributed by atoms with Crippen molar-refractivity contribution < 1.29 is 23.4 Å². The summed E-state index contributed by atoms with van der Waals surface area (Å²) in [5.41, 5.74) is 0.306. The first kappa shape index (κ1) is 16.5. The van der Waals surface area contributed by atoms with Crippen molar-refractivity contribution in [2.45, 2.75) is 18.3 Å². The van der Waals surface area contributed by atoms with Crippen molar-refractivity contribution in [2.75, 3.05) is 6.61 Å². The lowest BCUT2D eigenvalue weighted by molar-refractivity contribution is -0.137. The lowest BCUT2D eigenvalue weighted by Gasteiger charge is -2.25. The Labute approximate surface area is 136 Å². The molecule has 0 fully saturated rings. The topological polar surface area (TPSA) is 45.4 Å². The lowest BCUT2D eigenvalue weighted by Crippen LogP contribution is -2.28. The highest BCUT2D eigenvalue weighted by molar-refractivity contribution is 5.81. The van der Waals surface area contributed by atoms with Gasteiger partial charge in [0.25, 0.3) is 0 Å². The van der Waals surface area contributed by atoms with Gasteiger partial charge >= 0.3 is 6.18 Å². The molecule has 0 aliphatic carbocycles. The Kier molecular flexibility index (Phi) is 4.34. The number of halogens is 3. The summed E-state index contributed by atoms with van der Waals surface area (Å²) in [4.78, 5) is 0. The summed E-state index contributed by atoms with van der Waals surface area (Å²) < 4.78 is 40.6. The van der Waals surface area contributed by atoms with Crippen LogP contribution in [0, 0.1) is 0 Å². The van der Waals surface area contributed by atoms with E-state index in [1.54, 1.807) is 47.2 Å². The largest absolute Gasteiger partial charge is 0.416 e. The van der Waals surface area contributed by atoms with Gasteiger partial charge in [0.05, 0.1) is 18.2 Å². The molecule has 2 atom stereocenters. The van der Waals surface area contributed by atoms with E-state index in [0.717, 1.165) is 12.1 Å². The van der Waals surface area contributed by atoms with Crippen LogP contribution in [0.3, 0.4) is 0 Å². The van der Waals surface area contributed by atoms with Crippen molar-refractivity contribution in [2.24, 2.45) is 0 Å². The molecule has 0 amide bonds. The molecule has 0 aliphatic rings. The van der Waals surface area contributed by atoms with Crippen LogP contribution in [0.4, 0.5) is 13.2 Å². The Balaban J connectivity index is 2.17. The van der Waals surface area contributed by atoms with Crippen LogP contribution in [0.2, 0.25) is 0 Å². The molecule has 0 aliphatic heterocycles. The number of hydrogen-bond acceptors (Lipinski definition) is 2. The van der Waals surface area contributed by atoms with Crippen molar-refractivity contribution in [3.63, 3.8) is 0 Å². The van der Waals surface area contributed by atoms with Crippen LogP contribution in [0.15, 0.2) is 60.8 Å². The molecule has 1 aromatic heterocycles. The van der Waals surface area contributed by atoms with Crippen molar-refractivity contribution in [1.82, 2.24) is 4.57 Å². The minimum absolute atomic E-state index is 0.353. The van der Waals surface area contributed by atoms with Crippen molar-refractivity contribution >= 4 is 10.9 Å². The summed E-state index contributed by atoms with van der Waals surface area (Å²) in [7, 11) is 0. The van der Waals surface area contributed by atoms with E-state index in [2.05, 4.69) is 0 Å². The second-order valence-corrected chi connectivity index (χ2v) is 5.60. The summed E-state index contributed by atoms with van der Waals surface area (Å²) in [6.07, 6.45) is -3.96. The van der Waals surface area contributed by atoms with Gasteiger partial charge in [-0.1, -0.05) is 36.4 Å². The van der Waals surface area contributed by atoms with Crippen LogP contribution in [-0.2, 0) is 6.18 Å². The molecular weight excluding hydrogens is 319 g/mol. The zero-order chi connectivity index (χ0) is 17.3. The van der Waals surface area contributed by atoms with Gasteiger partial charge in [0.1, 0.15) is 6.10 Å². The number of aliphatic hydroxyl groups excluding tert-OH is 2. The van der Waals surface area contributed by atoms with E-state index in [1.165, 1.54) is 6.07 Å². The quantitative estimate of drug-likeness (QED) is 0.765. The van der Waals surface area contributed by atoms with Crippen LogP contribution in [0.1, 0.15) is 17.2 Å². The number of rotatable bonds is 4. The number of hydrogen-bond donors (Lipinski definition) is 2. The maximum Gasteiger partial charge on any atom is 0.416 e. The number of aromatic nitrogens is 1. The summed E-state index contributed by atoms with van der Waals surface area (Å²) in [5.74, 6) is 0. The Morgan fingerprint density at radius 2 is 1.71 bits per heavy atom. The Morgan fingerprint density at radius 3 is 2.33 bits per heavy atom. The first-order chi connectivity index (χ1) is 11.4. The van der Waals surface area contributed by atoms with E-state index in [1.807, 2.05) is 0 Å². The predicted molar refractivity (Wildman–Crippen MR) is 84.6 cm³/mol. The third kappa shape index (κ3) is 3.02. The van der Waals surface area contributed by atoms with Crippen LogP contribution >= 0.6 is 0 Å². The molecular formula is C18H16F3NO2. The fraction of sp³-hybridized carbons (Fsp3) is 0.222. The minimum atomic E-state index is -4.44. The fourth-order valence-corrected chi connectivity index (χ4v) is 2.89. The van der Waals surface area contributed by atoms with Gasteiger partial charge < -0.3 is 14.8 Å². The van der Waals surface area contributed by atoms with E-state index in [-0.39, 0.29) is 0 Å². The third-order valence-corrected chi connectivity index (χ3v) is 4.04. The number of benzene rings is 2. The SMILES string of the molecule is OC[C@@H](O)[C@H](c1ccccc1)n1ccc2ccc(C(F)(F)F)cc21. The highest BCUT2D eigenvalue weighted by Gasteiger charge is 2.31. The van der Waals surface area contributed by atoms with Crippen molar-refractivity contribution in [3.05, 3.63) is 71.9 Å². The van der Waals surface area contributed by atoms with Gasteiger partial charge in [0.2, 0.25) is 0 Å². The Bertz CT molecular complexity index is 827. The number of aliphatic hydroxyl groups is 2. The average Bonchev–Trinajstić information content (AvgIpc) is 2.98. The zero-order valence-corrected chi connectivity index (χ0v) is 12.6. The van der Waals surface area contributed by atoms with Gasteiger partial charge in [-0.2, -0.15) is 13.2 Å². The highest BCUT2D eigenvalue weighted by atomic mass is 19.4. The molecule has 24 heavy (non-hydrogen) atoms. The summed E-state index contributed by atoms with van der Waals surface area (Å²) in [5, 5.41) is 20.2. The molecule has 2 aromatic carbocycles. The summed E-state index contributed by atoms with van der Waals surface area (Å²) >= 11 is 0. The van der Waals surface area contributed by atoms with Crippen LogP contribution in [0.25, 0.3) is 10.9 Å². The molecule has 3 nitrogen and oxygen atoms in total. The first-order valence-corrected chi connectivity index (χ1v) is 7.43. The molecule has 126 valence electrons. The van der Waals surface area contributed by atoms with E-state index in [9.17, 15) is 23.4 Å². The second kappa shape index (κ2) is 6.30. The van der Waals surface area contributed by atoms with Crippen molar-refractivity contribution in [3.8, 4) is 0 Å². The van der Waals surface area contributed by atoms with Gasteiger partial charge in [-0.05, 0) is 29.1 Å². The molecule has 6 heteroatoms. The molecule has 3 rings (SSSR count). The molecule has 1 heterocycles. The average molecular weight is 335 g/mol. The molecule has 0 radical (unpaired) electrons. The molecule has 3 aromatic rings. The number of alkyl halides is 3. The number of fused-ring (bicyclic) bond motifs is 1.